The van der Waals surface area contributed by atoms with Gasteiger partial charge >= 0.3 is 0 Å². The van der Waals surface area contributed by atoms with E-state index >= 15 is 0 Å². The highest BCUT2D eigenvalue weighted by atomic mass is 16.2. The molecule has 1 aliphatic rings. The van der Waals surface area contributed by atoms with E-state index in [9.17, 15) is 4.79 Å². The van der Waals surface area contributed by atoms with Crippen LogP contribution in [-0.2, 0) is 4.79 Å². The number of amides is 1. The van der Waals surface area contributed by atoms with E-state index in [2.05, 4.69) is 0 Å². The Morgan fingerprint density at radius 3 is 2.90 bits per heavy atom. The van der Waals surface area contributed by atoms with Crippen molar-refractivity contribution in [1.82, 2.24) is 4.90 Å². The number of carbonyl (C=O) groups is 1. The molecule has 0 bridgehead atoms. The van der Waals surface area contributed by atoms with E-state index in [1.165, 1.54) is 0 Å². The number of hydrogen-bond acceptors (Lipinski definition) is 1. The number of carbonyl (C=O) groups excluding carboxylic acids is 1. The second-order valence-corrected chi connectivity index (χ2v) is 2.17. The Hall–Kier alpha value is -1.05. The largest absolute Gasteiger partial charge is 0.315 e. The average molecular weight is 137 g/mol. The summed E-state index contributed by atoms with van der Waals surface area (Å²) in [5, 5.41) is 0. The maximum absolute atomic E-state index is 11.0. The van der Waals surface area contributed by atoms with E-state index in [-0.39, 0.29) is 5.91 Å². The van der Waals surface area contributed by atoms with Crippen LogP contribution in [0.4, 0.5) is 0 Å². The molecule has 1 heterocycles. The lowest BCUT2D eigenvalue weighted by Gasteiger charge is -2.16. The third-order valence-corrected chi connectivity index (χ3v) is 1.44. The van der Waals surface area contributed by atoms with Gasteiger partial charge in [0.2, 0.25) is 5.91 Å². The highest BCUT2D eigenvalue weighted by Crippen LogP contribution is 2.00. The highest BCUT2D eigenvalue weighted by Gasteiger charge is 2.06. The van der Waals surface area contributed by atoms with Gasteiger partial charge in [0, 0.05) is 19.2 Å². The predicted octanol–water partition coefficient (Wildman–Crippen LogP) is 1.31. The van der Waals surface area contributed by atoms with Crippen molar-refractivity contribution in [2.75, 3.05) is 6.54 Å². The molecule has 0 saturated carbocycles. The Labute approximate surface area is 60.8 Å². The summed E-state index contributed by atoms with van der Waals surface area (Å²) in [6, 6.07) is 0. The molecular formula is C8H11NO. The Kier molecular flexibility index (Phi) is 2.26. The van der Waals surface area contributed by atoms with Gasteiger partial charge in [-0.2, -0.15) is 0 Å². The first-order chi connectivity index (χ1) is 4.84. The summed E-state index contributed by atoms with van der Waals surface area (Å²) in [5.41, 5.74) is 0. The number of rotatable bonds is 1. The average Bonchev–Trinajstić information content (AvgIpc) is 2.05. The Balaban J connectivity index is 2.51. The van der Waals surface area contributed by atoms with Crippen molar-refractivity contribution in [3.8, 4) is 0 Å². The summed E-state index contributed by atoms with van der Waals surface area (Å²) < 4.78 is 0. The molecule has 2 nitrogen and oxygen atoms in total. The van der Waals surface area contributed by atoms with Gasteiger partial charge in [-0.05, 0) is 6.08 Å². The van der Waals surface area contributed by atoms with Gasteiger partial charge in [0.15, 0.2) is 0 Å². The van der Waals surface area contributed by atoms with Crippen LogP contribution in [-0.4, -0.2) is 17.4 Å². The molecular weight excluding hydrogens is 126 g/mol. The van der Waals surface area contributed by atoms with Crippen molar-refractivity contribution in [2.24, 2.45) is 0 Å². The maximum Gasteiger partial charge on any atom is 0.226 e. The van der Waals surface area contributed by atoms with Crippen LogP contribution in [0.3, 0.4) is 0 Å². The van der Waals surface area contributed by atoms with Crippen LogP contribution in [0.2, 0.25) is 0 Å². The monoisotopic (exact) mass is 137 g/mol. The molecule has 0 aliphatic carbocycles. The zero-order valence-electron chi connectivity index (χ0n) is 6.08. The van der Waals surface area contributed by atoms with Crippen LogP contribution in [0.25, 0.3) is 0 Å². The molecule has 0 aromatic heterocycles. The normalized spacial score (nSPS) is 15.9. The van der Waals surface area contributed by atoms with E-state index in [0.717, 1.165) is 6.54 Å². The fourth-order valence-corrected chi connectivity index (χ4v) is 0.855. The first-order valence-corrected chi connectivity index (χ1v) is 3.47. The Morgan fingerprint density at radius 1 is 1.60 bits per heavy atom. The minimum absolute atomic E-state index is 0.181. The van der Waals surface area contributed by atoms with Crippen LogP contribution >= 0.6 is 0 Å². The van der Waals surface area contributed by atoms with E-state index in [1.54, 1.807) is 4.90 Å². The van der Waals surface area contributed by atoms with Gasteiger partial charge in [0.05, 0.1) is 0 Å². The van der Waals surface area contributed by atoms with E-state index in [4.69, 9.17) is 0 Å². The molecule has 1 rings (SSSR count). The summed E-state index contributed by atoms with van der Waals surface area (Å²) >= 11 is 0. The summed E-state index contributed by atoms with van der Waals surface area (Å²) in [7, 11) is 0. The summed E-state index contributed by atoms with van der Waals surface area (Å²) in [6.45, 7) is 2.59. The summed E-state index contributed by atoms with van der Waals surface area (Å²) in [4.78, 5) is 12.7. The lowest BCUT2D eigenvalue weighted by atomic mass is 10.3. The molecule has 0 fully saturated rings. The minimum atomic E-state index is 0.181. The molecule has 10 heavy (non-hydrogen) atoms. The molecule has 0 saturated heterocycles. The smallest absolute Gasteiger partial charge is 0.226 e. The van der Waals surface area contributed by atoms with Gasteiger partial charge in [-0.15, -0.1) is 0 Å². The zero-order chi connectivity index (χ0) is 7.40. The van der Waals surface area contributed by atoms with Crippen LogP contribution in [0, 0.1) is 0 Å². The van der Waals surface area contributed by atoms with Gasteiger partial charge < -0.3 is 4.90 Å². The standard InChI is InChI=1S/C8H11NO/c1-2-8(10)9-6-4-3-5-7-9/h3-6H,2,7H2,1H3. The van der Waals surface area contributed by atoms with Crippen molar-refractivity contribution in [1.29, 1.82) is 0 Å². The van der Waals surface area contributed by atoms with Crippen LogP contribution < -0.4 is 0 Å². The van der Waals surface area contributed by atoms with E-state index in [1.807, 2.05) is 31.4 Å². The lowest BCUT2D eigenvalue weighted by Crippen LogP contribution is -2.25. The lowest BCUT2D eigenvalue weighted by molar-refractivity contribution is -0.127. The fourth-order valence-electron chi connectivity index (χ4n) is 0.855. The molecule has 2 heteroatoms. The van der Waals surface area contributed by atoms with Crippen molar-refractivity contribution in [3.63, 3.8) is 0 Å². The first-order valence-electron chi connectivity index (χ1n) is 3.47. The van der Waals surface area contributed by atoms with Crippen LogP contribution in [0.15, 0.2) is 24.4 Å². The fraction of sp³-hybridized carbons (Fsp3) is 0.375. The Morgan fingerprint density at radius 2 is 2.40 bits per heavy atom. The molecule has 0 unspecified atom stereocenters. The molecule has 0 spiro atoms. The maximum atomic E-state index is 11.0. The van der Waals surface area contributed by atoms with E-state index < -0.39 is 0 Å². The molecule has 54 valence electrons. The third-order valence-electron chi connectivity index (χ3n) is 1.44. The summed E-state index contributed by atoms with van der Waals surface area (Å²) in [6.07, 6.45) is 8.17. The number of hydrogen-bond donors (Lipinski definition) is 0. The number of nitrogens with zero attached hydrogens (tertiary/aromatic N) is 1. The SMILES string of the molecule is CCC(=O)N1C=CC=CC1. The predicted molar refractivity (Wildman–Crippen MR) is 40.3 cm³/mol. The van der Waals surface area contributed by atoms with Crippen LogP contribution in [0.5, 0.6) is 0 Å². The first kappa shape index (κ1) is 7.06. The third kappa shape index (κ3) is 1.47. The molecule has 0 aromatic carbocycles. The van der Waals surface area contributed by atoms with Crippen molar-refractivity contribution in [3.05, 3.63) is 24.4 Å². The van der Waals surface area contributed by atoms with Crippen LogP contribution in [0.1, 0.15) is 13.3 Å². The van der Waals surface area contributed by atoms with Gasteiger partial charge in [0.25, 0.3) is 0 Å². The molecule has 0 atom stereocenters. The molecule has 0 N–H and O–H groups in total. The molecule has 0 aromatic rings. The summed E-state index contributed by atoms with van der Waals surface area (Å²) in [5.74, 6) is 0.181. The second-order valence-electron chi connectivity index (χ2n) is 2.17. The minimum Gasteiger partial charge on any atom is -0.315 e. The molecule has 1 amide bonds. The van der Waals surface area contributed by atoms with Gasteiger partial charge in [0.1, 0.15) is 0 Å². The van der Waals surface area contributed by atoms with E-state index in [0.29, 0.717) is 6.42 Å². The van der Waals surface area contributed by atoms with Crippen molar-refractivity contribution in [2.45, 2.75) is 13.3 Å². The second kappa shape index (κ2) is 3.20. The van der Waals surface area contributed by atoms with Crippen molar-refractivity contribution < 1.29 is 4.79 Å². The highest BCUT2D eigenvalue weighted by molar-refractivity contribution is 5.77. The topological polar surface area (TPSA) is 20.3 Å². The quantitative estimate of drug-likeness (QED) is 0.533. The van der Waals surface area contributed by atoms with Gasteiger partial charge in [-0.1, -0.05) is 19.1 Å². The van der Waals surface area contributed by atoms with Gasteiger partial charge in [-0.3, -0.25) is 4.79 Å². The molecule has 0 radical (unpaired) electrons. The van der Waals surface area contributed by atoms with Crippen molar-refractivity contribution >= 4 is 5.91 Å². The Bertz CT molecular complexity index is 182. The van der Waals surface area contributed by atoms with Gasteiger partial charge in [-0.25, -0.2) is 0 Å². The zero-order valence-corrected chi connectivity index (χ0v) is 6.08. The molecule has 1 aliphatic heterocycles. The number of allylic oxidation sites excluding steroid dienone is 2.